The Hall–Kier alpha value is -1.74. The lowest BCUT2D eigenvalue weighted by atomic mass is 10.3. The number of nitrogen functional groups attached to an aromatic ring is 2. The molecule has 2 heterocycles. The Morgan fingerprint density at radius 1 is 1.35 bits per heavy atom. The van der Waals surface area contributed by atoms with E-state index in [1.165, 1.54) is 6.33 Å². The molecule has 0 aliphatic heterocycles. The predicted octanol–water partition coefficient (Wildman–Crippen LogP) is -1.08. The fourth-order valence-electron chi connectivity index (χ4n) is 1.80. The van der Waals surface area contributed by atoms with E-state index >= 15 is 0 Å². The summed E-state index contributed by atoms with van der Waals surface area (Å²) < 4.78 is 12.4. The summed E-state index contributed by atoms with van der Waals surface area (Å²) in [5.41, 5.74) is 12.0. The van der Waals surface area contributed by atoms with Crippen LogP contribution in [0.5, 0.6) is 0 Å². The maximum Gasteiger partial charge on any atom is 0.328 e. The summed E-state index contributed by atoms with van der Waals surface area (Å²) in [6.45, 7) is 0.271. The van der Waals surface area contributed by atoms with E-state index in [-0.39, 0.29) is 24.7 Å². The molecule has 0 aliphatic rings. The Morgan fingerprint density at radius 3 is 2.70 bits per heavy atom. The Morgan fingerprint density at radius 2 is 2.05 bits per heavy atom. The van der Waals surface area contributed by atoms with Crippen molar-refractivity contribution >= 4 is 30.5 Å². The first-order valence-electron chi connectivity index (χ1n) is 5.73. The van der Waals surface area contributed by atoms with Crippen LogP contribution in [0.1, 0.15) is 6.42 Å². The molecular formula is C9H15N6O4P. The van der Waals surface area contributed by atoms with Crippen molar-refractivity contribution in [3.8, 4) is 0 Å². The van der Waals surface area contributed by atoms with Gasteiger partial charge in [-0.05, 0) is 6.42 Å². The first-order chi connectivity index (χ1) is 9.26. The van der Waals surface area contributed by atoms with Gasteiger partial charge in [0, 0.05) is 6.54 Å². The molecular weight excluding hydrogens is 287 g/mol. The number of anilines is 2. The SMILES string of the molecule is Nc1nc(N)c2ncn(CC[C@H](O)CP(=O)(O)O)c2n1. The number of nitrogens with two attached hydrogens (primary N) is 2. The maximum atomic E-state index is 10.8. The van der Waals surface area contributed by atoms with Gasteiger partial charge < -0.3 is 30.9 Å². The van der Waals surface area contributed by atoms with Crippen molar-refractivity contribution in [2.24, 2.45) is 0 Å². The standard InChI is InChI=1S/C9H15N6O4P/c10-7-6-8(14-9(11)13-7)15(4-12-6)2-1-5(16)3-20(17,18)19/h4-5,16H,1-3H2,(H2,17,18,19)(H4,10,11,13,14)/t5-/m0/s1. The average Bonchev–Trinajstić information content (AvgIpc) is 2.67. The number of hydrogen-bond donors (Lipinski definition) is 5. The van der Waals surface area contributed by atoms with Gasteiger partial charge in [-0.15, -0.1) is 0 Å². The van der Waals surface area contributed by atoms with E-state index in [1.807, 2.05) is 0 Å². The number of aliphatic hydroxyl groups is 1. The zero-order chi connectivity index (χ0) is 14.9. The van der Waals surface area contributed by atoms with Gasteiger partial charge in [-0.25, -0.2) is 4.98 Å². The van der Waals surface area contributed by atoms with Gasteiger partial charge in [0.2, 0.25) is 5.95 Å². The van der Waals surface area contributed by atoms with Crippen LogP contribution in [0.3, 0.4) is 0 Å². The quantitative estimate of drug-likeness (QED) is 0.430. The Labute approximate surface area is 113 Å². The molecule has 7 N–H and O–H groups in total. The molecule has 0 unspecified atom stereocenters. The number of rotatable bonds is 5. The van der Waals surface area contributed by atoms with E-state index in [0.717, 1.165) is 0 Å². The van der Waals surface area contributed by atoms with Crippen LogP contribution in [0, 0.1) is 0 Å². The van der Waals surface area contributed by atoms with E-state index in [9.17, 15) is 9.67 Å². The van der Waals surface area contributed by atoms with Crippen molar-refractivity contribution in [3.05, 3.63) is 6.33 Å². The van der Waals surface area contributed by atoms with Crippen LogP contribution in [0.2, 0.25) is 0 Å². The fourth-order valence-corrected chi connectivity index (χ4v) is 2.53. The van der Waals surface area contributed by atoms with Gasteiger partial charge in [0.15, 0.2) is 11.5 Å². The highest BCUT2D eigenvalue weighted by Gasteiger charge is 2.20. The van der Waals surface area contributed by atoms with Crippen molar-refractivity contribution in [2.45, 2.75) is 19.1 Å². The predicted molar refractivity (Wildman–Crippen MR) is 71.7 cm³/mol. The molecule has 1 atom stereocenters. The molecule has 2 aromatic rings. The summed E-state index contributed by atoms with van der Waals surface area (Å²) in [6.07, 6.45) is -0.108. The molecule has 2 aromatic heterocycles. The van der Waals surface area contributed by atoms with Gasteiger partial charge in [-0.1, -0.05) is 0 Å². The van der Waals surface area contributed by atoms with Crippen molar-refractivity contribution in [1.82, 2.24) is 19.5 Å². The number of hydrogen-bond acceptors (Lipinski definition) is 7. The highest BCUT2D eigenvalue weighted by Crippen LogP contribution is 2.35. The normalized spacial score (nSPS) is 13.8. The molecule has 0 aromatic carbocycles. The second kappa shape index (κ2) is 5.33. The van der Waals surface area contributed by atoms with Crippen molar-refractivity contribution < 1.29 is 19.5 Å². The van der Waals surface area contributed by atoms with Crippen molar-refractivity contribution in [3.63, 3.8) is 0 Å². The van der Waals surface area contributed by atoms with E-state index in [1.54, 1.807) is 4.57 Å². The molecule has 10 nitrogen and oxygen atoms in total. The van der Waals surface area contributed by atoms with Crippen LogP contribution in [0.15, 0.2) is 6.33 Å². The molecule has 0 saturated carbocycles. The minimum Gasteiger partial charge on any atom is -0.392 e. The van der Waals surface area contributed by atoms with Gasteiger partial charge in [0.05, 0.1) is 18.6 Å². The van der Waals surface area contributed by atoms with Gasteiger partial charge in [-0.2, -0.15) is 9.97 Å². The zero-order valence-electron chi connectivity index (χ0n) is 10.4. The molecule has 0 aliphatic carbocycles. The van der Waals surface area contributed by atoms with Crippen LogP contribution in [-0.4, -0.2) is 46.7 Å². The number of fused-ring (bicyclic) bond motifs is 1. The summed E-state index contributed by atoms with van der Waals surface area (Å²) in [5.74, 6) is 0.162. The van der Waals surface area contributed by atoms with Crippen LogP contribution in [0.4, 0.5) is 11.8 Å². The molecule has 0 saturated heterocycles. The minimum atomic E-state index is -4.23. The van der Waals surface area contributed by atoms with Gasteiger partial charge in [0.25, 0.3) is 0 Å². The lowest BCUT2D eigenvalue weighted by Gasteiger charge is -2.12. The summed E-state index contributed by atoms with van der Waals surface area (Å²) in [5, 5.41) is 9.56. The molecule has 0 fully saturated rings. The van der Waals surface area contributed by atoms with Crippen molar-refractivity contribution in [1.29, 1.82) is 0 Å². The molecule has 0 bridgehead atoms. The Bertz CT molecular complexity index is 668. The fraction of sp³-hybridized carbons (Fsp3) is 0.444. The van der Waals surface area contributed by atoms with Gasteiger partial charge >= 0.3 is 7.60 Å². The largest absolute Gasteiger partial charge is 0.392 e. The Balaban J connectivity index is 2.13. The highest BCUT2D eigenvalue weighted by atomic mass is 31.2. The van der Waals surface area contributed by atoms with Crippen molar-refractivity contribution in [2.75, 3.05) is 17.6 Å². The summed E-state index contributed by atoms with van der Waals surface area (Å²) >= 11 is 0. The third-order valence-corrected chi connectivity index (χ3v) is 3.56. The number of aromatic nitrogens is 4. The van der Waals surface area contributed by atoms with Crippen LogP contribution < -0.4 is 11.5 Å². The zero-order valence-corrected chi connectivity index (χ0v) is 11.3. The van der Waals surface area contributed by atoms with Crippen LogP contribution >= 0.6 is 7.60 Å². The molecule has 0 radical (unpaired) electrons. The smallest absolute Gasteiger partial charge is 0.328 e. The number of imidazole rings is 1. The monoisotopic (exact) mass is 302 g/mol. The third kappa shape index (κ3) is 3.42. The van der Waals surface area contributed by atoms with E-state index < -0.39 is 19.9 Å². The molecule has 11 heteroatoms. The number of nitrogens with zero attached hydrogens (tertiary/aromatic N) is 4. The van der Waals surface area contributed by atoms with Crippen LogP contribution in [0.25, 0.3) is 11.2 Å². The van der Waals surface area contributed by atoms with E-state index in [2.05, 4.69) is 15.0 Å². The first-order valence-corrected chi connectivity index (χ1v) is 7.52. The van der Waals surface area contributed by atoms with E-state index in [4.69, 9.17) is 21.3 Å². The second-order valence-corrected chi connectivity index (χ2v) is 6.06. The average molecular weight is 302 g/mol. The van der Waals surface area contributed by atoms with Gasteiger partial charge in [-0.3, -0.25) is 4.57 Å². The molecule has 20 heavy (non-hydrogen) atoms. The summed E-state index contributed by atoms with van der Waals surface area (Å²) in [6, 6.07) is 0. The number of aryl methyl sites for hydroxylation is 1. The minimum absolute atomic E-state index is 0.00696. The first kappa shape index (κ1) is 14.7. The number of aliphatic hydroxyl groups excluding tert-OH is 1. The van der Waals surface area contributed by atoms with Gasteiger partial charge in [0.1, 0.15) is 5.52 Å². The summed E-state index contributed by atoms with van der Waals surface area (Å²) in [7, 11) is -4.23. The second-order valence-electron chi connectivity index (χ2n) is 4.37. The maximum absolute atomic E-state index is 10.8. The highest BCUT2D eigenvalue weighted by molar-refractivity contribution is 7.51. The van der Waals surface area contributed by atoms with Crippen LogP contribution in [-0.2, 0) is 11.1 Å². The lowest BCUT2D eigenvalue weighted by Crippen LogP contribution is -2.16. The molecule has 110 valence electrons. The third-order valence-electron chi connectivity index (χ3n) is 2.66. The molecule has 2 rings (SSSR count). The Kier molecular flexibility index (Phi) is 3.91. The lowest BCUT2D eigenvalue weighted by molar-refractivity contribution is 0.173. The topological polar surface area (TPSA) is 173 Å². The summed E-state index contributed by atoms with van der Waals surface area (Å²) in [4.78, 5) is 29.3. The molecule has 0 amide bonds. The molecule has 0 spiro atoms. The van der Waals surface area contributed by atoms with E-state index in [0.29, 0.717) is 11.2 Å².